The standard InChI is InChI=1S/C12H13NO3S/c14-10(9-6-2-1-3-7(6)9)13-11-8(12(15)16)4-5-17-11/h4-7,9H,1-3H2,(H,13,14)(H,15,16). The van der Waals surface area contributed by atoms with E-state index in [-0.39, 0.29) is 17.4 Å². The van der Waals surface area contributed by atoms with E-state index in [2.05, 4.69) is 5.32 Å². The summed E-state index contributed by atoms with van der Waals surface area (Å²) >= 11 is 1.27. The Hall–Kier alpha value is -1.36. The first-order valence-corrected chi connectivity index (χ1v) is 6.68. The van der Waals surface area contributed by atoms with Gasteiger partial charge in [-0.3, -0.25) is 4.79 Å². The van der Waals surface area contributed by atoms with Gasteiger partial charge < -0.3 is 10.4 Å². The number of carbonyl (C=O) groups is 2. The molecule has 2 unspecified atom stereocenters. The molecule has 0 spiro atoms. The van der Waals surface area contributed by atoms with E-state index in [0.717, 1.165) is 12.8 Å². The van der Waals surface area contributed by atoms with E-state index in [1.165, 1.54) is 23.8 Å². The van der Waals surface area contributed by atoms with Gasteiger partial charge in [0.05, 0.1) is 5.56 Å². The number of anilines is 1. The van der Waals surface area contributed by atoms with Crippen molar-refractivity contribution in [3.8, 4) is 0 Å². The van der Waals surface area contributed by atoms with Crippen LogP contribution < -0.4 is 5.32 Å². The monoisotopic (exact) mass is 251 g/mol. The van der Waals surface area contributed by atoms with Crippen LogP contribution in [0.2, 0.25) is 0 Å². The van der Waals surface area contributed by atoms with E-state index in [1.807, 2.05) is 0 Å². The van der Waals surface area contributed by atoms with Gasteiger partial charge in [-0.15, -0.1) is 11.3 Å². The Bertz CT molecular complexity index is 472. The van der Waals surface area contributed by atoms with Gasteiger partial charge in [-0.2, -0.15) is 0 Å². The Morgan fingerprint density at radius 2 is 2.06 bits per heavy atom. The molecule has 2 fully saturated rings. The molecule has 5 heteroatoms. The normalized spacial score (nSPS) is 29.8. The van der Waals surface area contributed by atoms with Gasteiger partial charge in [0.2, 0.25) is 5.91 Å². The number of carbonyl (C=O) groups excluding carboxylic acids is 1. The SMILES string of the molecule is O=C(O)c1ccsc1NC(=O)C1C2CCCC21. The molecular weight excluding hydrogens is 238 g/mol. The molecule has 90 valence electrons. The fraction of sp³-hybridized carbons (Fsp3) is 0.500. The lowest BCUT2D eigenvalue weighted by atomic mass is 10.1. The largest absolute Gasteiger partial charge is 0.478 e. The summed E-state index contributed by atoms with van der Waals surface area (Å²) in [5.74, 6) is 0.265. The third-order valence-electron chi connectivity index (χ3n) is 3.84. The number of hydrogen-bond acceptors (Lipinski definition) is 3. The second kappa shape index (κ2) is 3.84. The number of hydrogen-bond donors (Lipinski definition) is 2. The van der Waals surface area contributed by atoms with Crippen LogP contribution in [0.5, 0.6) is 0 Å². The van der Waals surface area contributed by atoms with Crippen LogP contribution in [0.1, 0.15) is 29.6 Å². The second-order valence-corrected chi connectivity index (χ2v) is 5.66. The molecule has 2 aliphatic carbocycles. The van der Waals surface area contributed by atoms with Crippen molar-refractivity contribution in [3.05, 3.63) is 17.0 Å². The lowest BCUT2D eigenvalue weighted by molar-refractivity contribution is -0.118. The molecule has 2 saturated carbocycles. The van der Waals surface area contributed by atoms with Crippen molar-refractivity contribution in [1.29, 1.82) is 0 Å². The summed E-state index contributed by atoms with van der Waals surface area (Å²) in [6, 6.07) is 1.52. The average Bonchev–Trinajstić information content (AvgIpc) is 2.71. The number of fused-ring (bicyclic) bond motifs is 1. The van der Waals surface area contributed by atoms with Gasteiger partial charge in [0, 0.05) is 5.92 Å². The molecule has 1 aromatic rings. The summed E-state index contributed by atoms with van der Waals surface area (Å²) < 4.78 is 0. The molecule has 0 radical (unpaired) electrons. The van der Waals surface area contributed by atoms with Crippen LogP contribution >= 0.6 is 11.3 Å². The fourth-order valence-electron chi connectivity index (χ4n) is 2.98. The highest BCUT2D eigenvalue weighted by atomic mass is 32.1. The van der Waals surface area contributed by atoms with Gasteiger partial charge in [-0.05, 0) is 36.1 Å². The number of carboxylic acids is 1. The molecule has 0 aromatic carbocycles. The third-order valence-corrected chi connectivity index (χ3v) is 4.67. The Morgan fingerprint density at radius 1 is 1.35 bits per heavy atom. The van der Waals surface area contributed by atoms with E-state index in [0.29, 0.717) is 16.8 Å². The van der Waals surface area contributed by atoms with Crippen LogP contribution in [-0.4, -0.2) is 17.0 Å². The minimum absolute atomic E-state index is 0.00431. The third kappa shape index (κ3) is 1.74. The molecule has 3 rings (SSSR count). The Balaban J connectivity index is 1.69. The number of carboxylic acid groups (broad SMARTS) is 1. The zero-order valence-electron chi connectivity index (χ0n) is 9.18. The van der Waals surface area contributed by atoms with Crippen molar-refractivity contribution in [3.63, 3.8) is 0 Å². The highest BCUT2D eigenvalue weighted by Crippen LogP contribution is 2.57. The van der Waals surface area contributed by atoms with E-state index >= 15 is 0 Å². The molecule has 2 aliphatic rings. The molecule has 1 heterocycles. The minimum Gasteiger partial charge on any atom is -0.478 e. The maximum absolute atomic E-state index is 12.0. The number of thiophene rings is 1. The van der Waals surface area contributed by atoms with Crippen molar-refractivity contribution in [2.75, 3.05) is 5.32 Å². The maximum Gasteiger partial charge on any atom is 0.338 e. The van der Waals surface area contributed by atoms with Crippen molar-refractivity contribution in [2.45, 2.75) is 19.3 Å². The lowest BCUT2D eigenvalue weighted by Gasteiger charge is -2.05. The molecule has 1 aromatic heterocycles. The van der Waals surface area contributed by atoms with Crippen molar-refractivity contribution in [2.24, 2.45) is 17.8 Å². The number of nitrogens with one attached hydrogen (secondary N) is 1. The molecular formula is C12H13NO3S. The Kier molecular flexibility index (Phi) is 2.43. The summed E-state index contributed by atoms with van der Waals surface area (Å²) in [7, 11) is 0. The van der Waals surface area contributed by atoms with Gasteiger partial charge in [0.1, 0.15) is 5.00 Å². The summed E-state index contributed by atoms with van der Waals surface area (Å²) in [6.07, 6.45) is 3.54. The first kappa shape index (κ1) is 10.8. The maximum atomic E-state index is 12.0. The number of rotatable bonds is 3. The van der Waals surface area contributed by atoms with E-state index < -0.39 is 5.97 Å². The number of amides is 1. The van der Waals surface area contributed by atoms with Crippen LogP contribution in [-0.2, 0) is 4.79 Å². The summed E-state index contributed by atoms with van der Waals surface area (Å²) in [4.78, 5) is 22.9. The lowest BCUT2D eigenvalue weighted by Crippen LogP contribution is -2.17. The molecule has 0 aliphatic heterocycles. The first-order valence-electron chi connectivity index (χ1n) is 5.80. The molecule has 2 atom stereocenters. The Labute approximate surface area is 103 Å². The van der Waals surface area contributed by atoms with Crippen molar-refractivity contribution >= 4 is 28.2 Å². The average molecular weight is 251 g/mol. The van der Waals surface area contributed by atoms with Gasteiger partial charge in [-0.1, -0.05) is 6.42 Å². The van der Waals surface area contributed by atoms with Gasteiger partial charge in [0.25, 0.3) is 0 Å². The molecule has 4 nitrogen and oxygen atoms in total. The summed E-state index contributed by atoms with van der Waals surface area (Å²) in [6.45, 7) is 0. The van der Waals surface area contributed by atoms with Gasteiger partial charge in [-0.25, -0.2) is 4.79 Å². The predicted octanol–water partition coefficient (Wildman–Crippen LogP) is 2.43. The first-order chi connectivity index (χ1) is 8.18. The molecule has 2 N–H and O–H groups in total. The van der Waals surface area contributed by atoms with Crippen molar-refractivity contribution in [1.82, 2.24) is 0 Å². The minimum atomic E-state index is -0.988. The molecule has 0 saturated heterocycles. The van der Waals surface area contributed by atoms with E-state index in [1.54, 1.807) is 5.38 Å². The van der Waals surface area contributed by atoms with Crippen molar-refractivity contribution < 1.29 is 14.7 Å². The van der Waals surface area contributed by atoms with E-state index in [4.69, 9.17) is 5.11 Å². The Morgan fingerprint density at radius 3 is 2.71 bits per heavy atom. The fourth-order valence-corrected chi connectivity index (χ4v) is 3.76. The molecule has 0 bridgehead atoms. The van der Waals surface area contributed by atoms with Crippen LogP contribution in [0.25, 0.3) is 0 Å². The molecule has 17 heavy (non-hydrogen) atoms. The molecule has 1 amide bonds. The highest BCUT2D eigenvalue weighted by Gasteiger charge is 2.56. The zero-order chi connectivity index (χ0) is 12.0. The quantitative estimate of drug-likeness (QED) is 0.867. The number of aromatic carboxylic acids is 1. The second-order valence-electron chi connectivity index (χ2n) is 4.74. The van der Waals surface area contributed by atoms with Crippen LogP contribution in [0.4, 0.5) is 5.00 Å². The summed E-state index contributed by atoms with van der Waals surface area (Å²) in [5, 5.41) is 13.9. The van der Waals surface area contributed by atoms with Crippen LogP contribution in [0.15, 0.2) is 11.4 Å². The smallest absolute Gasteiger partial charge is 0.338 e. The van der Waals surface area contributed by atoms with E-state index in [9.17, 15) is 9.59 Å². The van der Waals surface area contributed by atoms with Crippen LogP contribution in [0.3, 0.4) is 0 Å². The topological polar surface area (TPSA) is 66.4 Å². The summed E-state index contributed by atoms with van der Waals surface area (Å²) in [5.41, 5.74) is 0.189. The predicted molar refractivity (Wildman–Crippen MR) is 64.2 cm³/mol. The zero-order valence-corrected chi connectivity index (χ0v) is 10.00. The van der Waals surface area contributed by atoms with Gasteiger partial charge in [0.15, 0.2) is 0 Å². The van der Waals surface area contributed by atoms with Gasteiger partial charge >= 0.3 is 5.97 Å². The van der Waals surface area contributed by atoms with Crippen LogP contribution in [0, 0.1) is 17.8 Å². The highest BCUT2D eigenvalue weighted by molar-refractivity contribution is 7.14.